The van der Waals surface area contributed by atoms with E-state index in [0.717, 1.165) is 19.3 Å². The average molecular weight is 176 g/mol. The standard InChI is InChI=1S/C12H16O/c1-2-10-11-6-4-3-5-9(11)7-8-12(10)13/h3-6,10,12-13H,2,7-8H2,1H3. The first-order valence-electron chi connectivity index (χ1n) is 5.08. The first-order chi connectivity index (χ1) is 6.33. The van der Waals surface area contributed by atoms with E-state index in [1.165, 1.54) is 11.1 Å². The Hall–Kier alpha value is -0.820. The van der Waals surface area contributed by atoms with Crippen LogP contribution in [0.5, 0.6) is 0 Å². The second-order valence-electron chi connectivity index (χ2n) is 3.82. The van der Waals surface area contributed by atoms with Crippen LogP contribution >= 0.6 is 0 Å². The van der Waals surface area contributed by atoms with Crippen LogP contribution in [-0.4, -0.2) is 11.2 Å². The molecule has 1 aliphatic rings. The number of benzene rings is 1. The van der Waals surface area contributed by atoms with E-state index >= 15 is 0 Å². The molecular weight excluding hydrogens is 160 g/mol. The molecule has 1 N–H and O–H groups in total. The third kappa shape index (κ3) is 1.49. The van der Waals surface area contributed by atoms with Gasteiger partial charge in [-0.25, -0.2) is 0 Å². The molecule has 0 fully saturated rings. The molecule has 0 spiro atoms. The molecule has 2 unspecified atom stereocenters. The topological polar surface area (TPSA) is 20.2 Å². The summed E-state index contributed by atoms with van der Waals surface area (Å²) in [6.45, 7) is 2.15. The number of rotatable bonds is 1. The minimum absolute atomic E-state index is 0.125. The molecular formula is C12H16O. The summed E-state index contributed by atoms with van der Waals surface area (Å²) in [6, 6.07) is 8.50. The third-order valence-corrected chi connectivity index (χ3v) is 3.07. The van der Waals surface area contributed by atoms with E-state index < -0.39 is 0 Å². The fourth-order valence-electron chi connectivity index (χ4n) is 2.33. The monoisotopic (exact) mass is 176 g/mol. The highest BCUT2D eigenvalue weighted by Crippen LogP contribution is 2.33. The van der Waals surface area contributed by atoms with Crippen molar-refractivity contribution in [2.75, 3.05) is 0 Å². The van der Waals surface area contributed by atoms with Crippen molar-refractivity contribution in [2.24, 2.45) is 0 Å². The summed E-state index contributed by atoms with van der Waals surface area (Å²) in [5.74, 6) is 0.366. The maximum Gasteiger partial charge on any atom is 0.0611 e. The molecule has 1 nitrogen and oxygen atoms in total. The third-order valence-electron chi connectivity index (χ3n) is 3.07. The van der Waals surface area contributed by atoms with Gasteiger partial charge in [0.15, 0.2) is 0 Å². The van der Waals surface area contributed by atoms with E-state index in [4.69, 9.17) is 0 Å². The Balaban J connectivity index is 2.39. The molecule has 0 bridgehead atoms. The largest absolute Gasteiger partial charge is 0.392 e. The van der Waals surface area contributed by atoms with Crippen LogP contribution in [0.25, 0.3) is 0 Å². The molecule has 2 rings (SSSR count). The van der Waals surface area contributed by atoms with Gasteiger partial charge in [-0.15, -0.1) is 0 Å². The van der Waals surface area contributed by atoms with Gasteiger partial charge in [0.25, 0.3) is 0 Å². The molecule has 1 aromatic rings. The zero-order valence-corrected chi connectivity index (χ0v) is 8.03. The Morgan fingerprint density at radius 3 is 2.92 bits per heavy atom. The van der Waals surface area contributed by atoms with Gasteiger partial charge < -0.3 is 5.11 Å². The highest BCUT2D eigenvalue weighted by molar-refractivity contribution is 5.33. The summed E-state index contributed by atoms with van der Waals surface area (Å²) in [6.07, 6.45) is 2.88. The first-order valence-corrected chi connectivity index (χ1v) is 5.08. The van der Waals surface area contributed by atoms with Crippen molar-refractivity contribution in [1.82, 2.24) is 0 Å². The van der Waals surface area contributed by atoms with Crippen LogP contribution < -0.4 is 0 Å². The smallest absolute Gasteiger partial charge is 0.0611 e. The SMILES string of the molecule is CCC1c2ccccc2CCC1O. The molecule has 13 heavy (non-hydrogen) atoms. The molecule has 0 saturated carbocycles. The molecule has 1 aliphatic carbocycles. The van der Waals surface area contributed by atoms with E-state index in [2.05, 4.69) is 31.2 Å². The van der Waals surface area contributed by atoms with E-state index in [0.29, 0.717) is 5.92 Å². The zero-order valence-electron chi connectivity index (χ0n) is 8.03. The van der Waals surface area contributed by atoms with Crippen molar-refractivity contribution in [3.8, 4) is 0 Å². The molecule has 0 aromatic heterocycles. The number of hydrogen-bond donors (Lipinski definition) is 1. The van der Waals surface area contributed by atoms with Gasteiger partial charge in [0.2, 0.25) is 0 Å². The van der Waals surface area contributed by atoms with Crippen LogP contribution in [0.2, 0.25) is 0 Å². The lowest BCUT2D eigenvalue weighted by Gasteiger charge is -2.29. The maximum absolute atomic E-state index is 9.82. The van der Waals surface area contributed by atoms with Gasteiger partial charge in [-0.3, -0.25) is 0 Å². The van der Waals surface area contributed by atoms with Crippen molar-refractivity contribution < 1.29 is 5.11 Å². The van der Waals surface area contributed by atoms with E-state index in [-0.39, 0.29) is 6.10 Å². The predicted molar refractivity (Wildman–Crippen MR) is 53.8 cm³/mol. The Bertz CT molecular complexity index is 293. The molecule has 0 amide bonds. The van der Waals surface area contributed by atoms with Crippen LogP contribution in [-0.2, 0) is 6.42 Å². The molecule has 0 radical (unpaired) electrons. The summed E-state index contributed by atoms with van der Waals surface area (Å²) < 4.78 is 0. The Labute approximate surface area is 79.4 Å². The molecule has 1 heteroatoms. The maximum atomic E-state index is 9.82. The minimum Gasteiger partial charge on any atom is -0.392 e. The Kier molecular flexibility index (Phi) is 2.36. The molecule has 2 atom stereocenters. The first kappa shape index (κ1) is 8.76. The number of aliphatic hydroxyl groups excluding tert-OH is 1. The predicted octanol–water partition coefficient (Wildman–Crippen LogP) is 2.49. The number of fused-ring (bicyclic) bond motifs is 1. The van der Waals surface area contributed by atoms with Gasteiger partial charge in [-0.05, 0) is 30.4 Å². The number of aliphatic hydroxyl groups is 1. The van der Waals surface area contributed by atoms with Crippen molar-refractivity contribution in [2.45, 2.75) is 38.2 Å². The van der Waals surface area contributed by atoms with Crippen LogP contribution in [0.15, 0.2) is 24.3 Å². The lowest BCUT2D eigenvalue weighted by atomic mass is 9.79. The van der Waals surface area contributed by atoms with E-state index in [1.54, 1.807) is 0 Å². The molecule has 0 saturated heterocycles. The summed E-state index contributed by atoms with van der Waals surface area (Å²) in [4.78, 5) is 0. The molecule has 70 valence electrons. The zero-order chi connectivity index (χ0) is 9.26. The Morgan fingerprint density at radius 2 is 2.15 bits per heavy atom. The summed E-state index contributed by atoms with van der Waals surface area (Å²) in [5.41, 5.74) is 2.79. The van der Waals surface area contributed by atoms with E-state index in [1.807, 2.05) is 0 Å². The summed E-state index contributed by atoms with van der Waals surface area (Å²) in [5, 5.41) is 9.82. The van der Waals surface area contributed by atoms with Crippen LogP contribution in [0.3, 0.4) is 0 Å². The van der Waals surface area contributed by atoms with Crippen molar-refractivity contribution >= 4 is 0 Å². The minimum atomic E-state index is -0.125. The molecule has 1 aromatic carbocycles. The van der Waals surface area contributed by atoms with Gasteiger partial charge in [-0.1, -0.05) is 31.2 Å². The molecule has 0 aliphatic heterocycles. The lowest BCUT2D eigenvalue weighted by molar-refractivity contribution is 0.124. The highest BCUT2D eigenvalue weighted by atomic mass is 16.3. The van der Waals surface area contributed by atoms with Gasteiger partial charge in [0.05, 0.1) is 6.10 Å². The average Bonchev–Trinajstić information content (AvgIpc) is 2.18. The summed E-state index contributed by atoms with van der Waals surface area (Å²) in [7, 11) is 0. The van der Waals surface area contributed by atoms with Crippen molar-refractivity contribution in [1.29, 1.82) is 0 Å². The fraction of sp³-hybridized carbons (Fsp3) is 0.500. The lowest BCUT2D eigenvalue weighted by Crippen LogP contribution is -2.24. The van der Waals surface area contributed by atoms with Crippen molar-refractivity contribution in [3.05, 3.63) is 35.4 Å². The van der Waals surface area contributed by atoms with Gasteiger partial charge in [-0.2, -0.15) is 0 Å². The fourth-order valence-corrected chi connectivity index (χ4v) is 2.33. The van der Waals surface area contributed by atoms with Crippen LogP contribution in [0.1, 0.15) is 36.8 Å². The van der Waals surface area contributed by atoms with Crippen molar-refractivity contribution in [3.63, 3.8) is 0 Å². The van der Waals surface area contributed by atoms with Gasteiger partial charge in [0, 0.05) is 5.92 Å². The van der Waals surface area contributed by atoms with E-state index in [9.17, 15) is 5.11 Å². The quantitative estimate of drug-likeness (QED) is 0.697. The summed E-state index contributed by atoms with van der Waals surface area (Å²) >= 11 is 0. The normalized spacial score (nSPS) is 26.9. The Morgan fingerprint density at radius 1 is 1.38 bits per heavy atom. The number of hydrogen-bond acceptors (Lipinski definition) is 1. The second kappa shape index (κ2) is 3.51. The van der Waals surface area contributed by atoms with Crippen LogP contribution in [0.4, 0.5) is 0 Å². The highest BCUT2D eigenvalue weighted by Gasteiger charge is 2.25. The second-order valence-corrected chi connectivity index (χ2v) is 3.82. The van der Waals surface area contributed by atoms with Gasteiger partial charge >= 0.3 is 0 Å². The van der Waals surface area contributed by atoms with Crippen LogP contribution in [0, 0.1) is 0 Å². The van der Waals surface area contributed by atoms with Gasteiger partial charge in [0.1, 0.15) is 0 Å². The molecule has 0 heterocycles. The number of aryl methyl sites for hydroxylation is 1.